The maximum Gasteiger partial charge on any atom is 0.232 e. The summed E-state index contributed by atoms with van der Waals surface area (Å²) < 4.78 is 7.76. The van der Waals surface area contributed by atoms with E-state index in [2.05, 4.69) is 27.5 Å². The number of rotatable bonds is 5. The maximum atomic E-state index is 12.8. The van der Waals surface area contributed by atoms with E-state index in [1.165, 1.54) is 16.9 Å². The standard InChI is InChI=1S/C20H22N4O2S/c1-13-14(2)27-20(22-13)23-19(25)17-8-9-26-18(17)16-10-21-24(12-16)11-15-6-4-3-5-7-15/h3-7,10,12,17-18H,8-9,11H2,1-2H3,(H,22,23,25)/t17-,18+/m0/s1. The number of carbonyl (C=O) groups excluding carboxylic acids is 1. The van der Waals surface area contributed by atoms with Crippen LogP contribution in [0.2, 0.25) is 0 Å². The lowest BCUT2D eigenvalue weighted by atomic mass is 9.96. The van der Waals surface area contributed by atoms with Crippen LogP contribution >= 0.6 is 11.3 Å². The Bertz CT molecular complexity index is 915. The van der Waals surface area contributed by atoms with Gasteiger partial charge in [0.2, 0.25) is 5.91 Å². The van der Waals surface area contributed by atoms with Crippen molar-refractivity contribution in [3.05, 3.63) is 64.4 Å². The Morgan fingerprint density at radius 3 is 2.89 bits per heavy atom. The molecule has 0 radical (unpaired) electrons. The summed E-state index contributed by atoms with van der Waals surface area (Å²) in [5.41, 5.74) is 3.08. The molecule has 1 aliphatic heterocycles. The van der Waals surface area contributed by atoms with Gasteiger partial charge in [0.15, 0.2) is 5.13 Å². The minimum atomic E-state index is -0.267. The van der Waals surface area contributed by atoms with Gasteiger partial charge in [-0.05, 0) is 25.8 Å². The number of aromatic nitrogens is 3. The molecule has 0 bridgehead atoms. The fraction of sp³-hybridized carbons (Fsp3) is 0.350. The fourth-order valence-corrected chi connectivity index (χ4v) is 4.11. The van der Waals surface area contributed by atoms with Gasteiger partial charge >= 0.3 is 0 Å². The lowest BCUT2D eigenvalue weighted by molar-refractivity contribution is -0.121. The Hall–Kier alpha value is -2.51. The molecule has 3 aromatic rings. The molecule has 27 heavy (non-hydrogen) atoms. The summed E-state index contributed by atoms with van der Waals surface area (Å²) in [7, 11) is 0. The molecule has 2 atom stereocenters. The molecular formula is C20H22N4O2S. The molecular weight excluding hydrogens is 360 g/mol. The van der Waals surface area contributed by atoms with Gasteiger partial charge < -0.3 is 10.1 Å². The second-order valence-electron chi connectivity index (χ2n) is 6.79. The minimum Gasteiger partial charge on any atom is -0.373 e. The van der Waals surface area contributed by atoms with Crippen molar-refractivity contribution < 1.29 is 9.53 Å². The molecule has 1 amide bonds. The van der Waals surface area contributed by atoms with Crippen LogP contribution in [0, 0.1) is 19.8 Å². The van der Waals surface area contributed by atoms with Crippen molar-refractivity contribution in [1.82, 2.24) is 14.8 Å². The monoisotopic (exact) mass is 382 g/mol. The molecule has 1 N–H and O–H groups in total. The van der Waals surface area contributed by atoms with Crippen molar-refractivity contribution in [1.29, 1.82) is 0 Å². The van der Waals surface area contributed by atoms with Crippen molar-refractivity contribution in [3.8, 4) is 0 Å². The van der Waals surface area contributed by atoms with Gasteiger partial charge in [0.25, 0.3) is 0 Å². The highest BCUT2D eigenvalue weighted by atomic mass is 32.1. The third-order valence-electron chi connectivity index (χ3n) is 4.86. The van der Waals surface area contributed by atoms with Gasteiger partial charge in [-0.2, -0.15) is 5.10 Å². The molecule has 0 spiro atoms. The number of nitrogens with one attached hydrogen (secondary N) is 1. The van der Waals surface area contributed by atoms with Crippen LogP contribution in [0.15, 0.2) is 42.7 Å². The van der Waals surface area contributed by atoms with Crippen molar-refractivity contribution >= 4 is 22.4 Å². The summed E-state index contributed by atoms with van der Waals surface area (Å²) in [6.07, 6.45) is 4.21. The molecule has 0 aliphatic carbocycles. The zero-order valence-corrected chi connectivity index (χ0v) is 16.2. The Balaban J connectivity index is 1.45. The van der Waals surface area contributed by atoms with E-state index >= 15 is 0 Å². The van der Waals surface area contributed by atoms with Gasteiger partial charge in [-0.1, -0.05) is 30.3 Å². The molecule has 0 saturated carbocycles. The van der Waals surface area contributed by atoms with Gasteiger partial charge in [-0.15, -0.1) is 11.3 Å². The van der Waals surface area contributed by atoms with E-state index in [4.69, 9.17) is 4.74 Å². The van der Waals surface area contributed by atoms with Crippen molar-refractivity contribution in [3.63, 3.8) is 0 Å². The van der Waals surface area contributed by atoms with Crippen molar-refractivity contribution in [2.45, 2.75) is 32.9 Å². The molecule has 1 fully saturated rings. The normalized spacial score (nSPS) is 19.3. The number of carbonyl (C=O) groups is 1. The number of benzene rings is 1. The van der Waals surface area contributed by atoms with Gasteiger partial charge in [0.05, 0.1) is 30.5 Å². The van der Waals surface area contributed by atoms with Crippen molar-refractivity contribution in [2.75, 3.05) is 11.9 Å². The fourth-order valence-electron chi connectivity index (χ4n) is 3.29. The second kappa shape index (κ2) is 7.62. The third kappa shape index (κ3) is 3.94. The molecule has 0 unspecified atom stereocenters. The summed E-state index contributed by atoms with van der Waals surface area (Å²) in [6, 6.07) is 10.2. The van der Waals surface area contributed by atoms with Crippen LogP contribution in [0.5, 0.6) is 0 Å². The van der Waals surface area contributed by atoms with E-state index in [0.29, 0.717) is 24.7 Å². The van der Waals surface area contributed by atoms with Gasteiger partial charge in [-0.25, -0.2) is 4.98 Å². The van der Waals surface area contributed by atoms with Crippen LogP contribution in [0.25, 0.3) is 0 Å². The Kier molecular flexibility index (Phi) is 5.05. The highest BCUT2D eigenvalue weighted by molar-refractivity contribution is 7.15. The first-order valence-electron chi connectivity index (χ1n) is 9.03. The number of hydrogen-bond acceptors (Lipinski definition) is 5. The highest BCUT2D eigenvalue weighted by Crippen LogP contribution is 2.35. The summed E-state index contributed by atoms with van der Waals surface area (Å²) in [4.78, 5) is 18.3. The largest absolute Gasteiger partial charge is 0.373 e. The van der Waals surface area contributed by atoms with E-state index < -0.39 is 0 Å². The van der Waals surface area contributed by atoms with E-state index in [9.17, 15) is 4.79 Å². The summed E-state index contributed by atoms with van der Waals surface area (Å²) in [5, 5.41) is 8.05. The van der Waals surface area contributed by atoms with Crippen LogP contribution in [0.1, 0.15) is 34.2 Å². The van der Waals surface area contributed by atoms with E-state index in [0.717, 1.165) is 16.1 Å². The first kappa shape index (κ1) is 17.9. The Morgan fingerprint density at radius 2 is 2.15 bits per heavy atom. The number of ether oxygens (including phenoxy) is 1. The van der Waals surface area contributed by atoms with Gasteiger partial charge in [0.1, 0.15) is 0 Å². The number of anilines is 1. The average Bonchev–Trinajstić information content (AvgIpc) is 3.37. The van der Waals surface area contributed by atoms with E-state index in [1.54, 1.807) is 6.20 Å². The second-order valence-corrected chi connectivity index (χ2v) is 8.00. The predicted octanol–water partition coefficient (Wildman–Crippen LogP) is 3.72. The van der Waals surface area contributed by atoms with Crippen LogP contribution in [0.3, 0.4) is 0 Å². The van der Waals surface area contributed by atoms with E-state index in [-0.39, 0.29) is 17.9 Å². The molecule has 1 saturated heterocycles. The van der Waals surface area contributed by atoms with Crippen LogP contribution in [0.4, 0.5) is 5.13 Å². The predicted molar refractivity (Wildman–Crippen MR) is 105 cm³/mol. The first-order chi connectivity index (χ1) is 13.1. The molecule has 7 heteroatoms. The van der Waals surface area contributed by atoms with Gasteiger partial charge in [-0.3, -0.25) is 9.48 Å². The molecule has 140 valence electrons. The van der Waals surface area contributed by atoms with Crippen LogP contribution in [-0.2, 0) is 16.1 Å². The number of thiazole rings is 1. The van der Waals surface area contributed by atoms with Crippen LogP contribution < -0.4 is 5.32 Å². The topological polar surface area (TPSA) is 69.0 Å². The van der Waals surface area contributed by atoms with E-state index in [1.807, 2.05) is 42.9 Å². The molecule has 2 aromatic heterocycles. The number of aryl methyl sites for hydroxylation is 2. The smallest absolute Gasteiger partial charge is 0.232 e. The minimum absolute atomic E-state index is 0.0398. The van der Waals surface area contributed by atoms with Gasteiger partial charge in [0, 0.05) is 23.2 Å². The Labute approximate surface area is 162 Å². The zero-order chi connectivity index (χ0) is 18.8. The molecule has 1 aromatic carbocycles. The van der Waals surface area contributed by atoms with Crippen LogP contribution in [-0.4, -0.2) is 27.3 Å². The molecule has 6 nitrogen and oxygen atoms in total. The summed E-state index contributed by atoms with van der Waals surface area (Å²) in [6.45, 7) is 5.22. The maximum absolute atomic E-state index is 12.8. The van der Waals surface area contributed by atoms with Crippen molar-refractivity contribution in [2.24, 2.45) is 5.92 Å². The Morgan fingerprint density at radius 1 is 1.33 bits per heavy atom. The summed E-state index contributed by atoms with van der Waals surface area (Å²) >= 11 is 1.50. The number of hydrogen-bond donors (Lipinski definition) is 1. The molecule has 3 heterocycles. The number of nitrogens with zero attached hydrogens (tertiary/aromatic N) is 3. The lowest BCUT2D eigenvalue weighted by Gasteiger charge is -2.16. The first-order valence-corrected chi connectivity index (χ1v) is 9.84. The molecule has 1 aliphatic rings. The summed E-state index contributed by atoms with van der Waals surface area (Å²) in [5.74, 6) is -0.272. The molecule has 4 rings (SSSR count). The third-order valence-corrected chi connectivity index (χ3v) is 5.84. The number of amides is 1. The zero-order valence-electron chi connectivity index (χ0n) is 15.4. The average molecular weight is 382 g/mol. The quantitative estimate of drug-likeness (QED) is 0.730. The SMILES string of the molecule is Cc1nc(NC(=O)[C@H]2CCO[C@@H]2c2cnn(Cc3ccccc3)c2)sc1C. The lowest BCUT2D eigenvalue weighted by Crippen LogP contribution is -2.25. The highest BCUT2D eigenvalue weighted by Gasteiger charge is 2.36.